The first-order valence-electron chi connectivity index (χ1n) is 11.4. The van der Waals surface area contributed by atoms with Gasteiger partial charge in [0.2, 0.25) is 0 Å². The number of nitrogens with zero attached hydrogens (tertiary/aromatic N) is 4. The van der Waals surface area contributed by atoms with E-state index in [1.54, 1.807) is 19.1 Å². The topological polar surface area (TPSA) is 80.5 Å². The van der Waals surface area contributed by atoms with Crippen molar-refractivity contribution in [2.75, 3.05) is 45.9 Å². The van der Waals surface area contributed by atoms with Crippen LogP contribution in [-0.4, -0.2) is 79.2 Å². The number of hydrogen-bond acceptors (Lipinski definition) is 6. The molecule has 0 aromatic heterocycles. The molecule has 1 aliphatic rings. The molecule has 1 aromatic carbocycles. The number of nitrogens with one attached hydrogen (secondary N) is 1. The van der Waals surface area contributed by atoms with Gasteiger partial charge in [-0.1, -0.05) is 37.9 Å². The highest BCUT2D eigenvalue weighted by Gasteiger charge is 2.17. The maximum atomic E-state index is 13.8. The summed E-state index contributed by atoms with van der Waals surface area (Å²) < 4.78 is 13.8. The quantitative estimate of drug-likeness (QED) is 0.419. The molecule has 1 aliphatic heterocycles. The molecule has 0 saturated carbocycles. The van der Waals surface area contributed by atoms with Crippen LogP contribution in [-0.2, 0) is 4.79 Å². The Kier molecular flexibility index (Phi) is 11.5. The third kappa shape index (κ3) is 8.87. The first-order chi connectivity index (χ1) is 15.8. The van der Waals surface area contributed by atoms with Crippen molar-refractivity contribution in [1.29, 1.82) is 0 Å². The SMILES string of the molecule is C=N/C(=C\C/C(=N\CN(CCCC)CC(C)C(=O)O)c1ccc(F)c(Cl)c1)N1CCNCC1. The molecule has 182 valence electrons. The van der Waals surface area contributed by atoms with E-state index in [2.05, 4.69) is 28.9 Å². The summed E-state index contributed by atoms with van der Waals surface area (Å²) in [5.74, 6) is -1.01. The van der Waals surface area contributed by atoms with E-state index in [0.717, 1.165) is 62.7 Å². The van der Waals surface area contributed by atoms with Crippen LogP contribution in [0.25, 0.3) is 0 Å². The number of allylic oxidation sites excluding steroid dienone is 1. The highest BCUT2D eigenvalue weighted by atomic mass is 35.5. The molecule has 0 radical (unpaired) electrons. The number of unbranched alkanes of at least 4 members (excludes halogenated alkanes) is 1. The molecule has 2 rings (SSSR count). The average Bonchev–Trinajstić information content (AvgIpc) is 2.81. The predicted octanol–water partition coefficient (Wildman–Crippen LogP) is 3.89. The second-order valence-electron chi connectivity index (χ2n) is 8.21. The number of halogens is 2. The summed E-state index contributed by atoms with van der Waals surface area (Å²) in [6.07, 6.45) is 4.40. The number of carboxylic acid groups (broad SMARTS) is 1. The first-order valence-corrected chi connectivity index (χ1v) is 11.8. The standard InChI is InChI=1S/C24H35ClFN5O2/c1-4-5-12-30(16-18(2)24(32)33)17-29-22(19-6-7-21(26)20(25)15-19)8-9-23(27-3)31-13-10-28-11-14-31/h6-7,9,15,18,28H,3-5,8,10-14,16-17H2,1-2H3,(H,32,33)/b23-9+,29-22+. The zero-order valence-corrected chi connectivity index (χ0v) is 20.3. The van der Waals surface area contributed by atoms with Crippen LogP contribution in [0, 0.1) is 11.7 Å². The molecule has 9 heteroatoms. The Bertz CT molecular complexity index is 855. The third-order valence-corrected chi connectivity index (χ3v) is 5.87. The van der Waals surface area contributed by atoms with Gasteiger partial charge in [0.15, 0.2) is 0 Å². The van der Waals surface area contributed by atoms with Gasteiger partial charge >= 0.3 is 5.97 Å². The summed E-state index contributed by atoms with van der Waals surface area (Å²) in [6, 6.07) is 4.57. The van der Waals surface area contributed by atoms with Gasteiger partial charge in [-0.15, -0.1) is 0 Å². The predicted molar refractivity (Wildman–Crippen MR) is 133 cm³/mol. The van der Waals surface area contributed by atoms with Crippen LogP contribution in [0.5, 0.6) is 0 Å². The number of aliphatic imine (C=N–C) groups is 2. The molecule has 0 aliphatic carbocycles. The lowest BCUT2D eigenvalue weighted by atomic mass is 10.1. The van der Waals surface area contributed by atoms with Gasteiger partial charge in [0.1, 0.15) is 11.6 Å². The minimum atomic E-state index is -0.827. The van der Waals surface area contributed by atoms with Gasteiger partial charge in [-0.25, -0.2) is 9.38 Å². The van der Waals surface area contributed by atoms with Crippen molar-refractivity contribution >= 4 is 30.0 Å². The lowest BCUT2D eigenvalue weighted by molar-refractivity contribution is -0.141. The summed E-state index contributed by atoms with van der Waals surface area (Å²) in [4.78, 5) is 24.6. The maximum Gasteiger partial charge on any atom is 0.307 e. The van der Waals surface area contributed by atoms with Crippen LogP contribution in [0.2, 0.25) is 5.02 Å². The highest BCUT2D eigenvalue weighted by molar-refractivity contribution is 6.31. The number of piperazine rings is 1. The highest BCUT2D eigenvalue weighted by Crippen LogP contribution is 2.19. The number of aliphatic carboxylic acids is 1. The summed E-state index contributed by atoms with van der Waals surface area (Å²) in [6.45, 7) is 12.5. The van der Waals surface area contributed by atoms with E-state index in [0.29, 0.717) is 19.6 Å². The van der Waals surface area contributed by atoms with E-state index in [1.807, 2.05) is 11.0 Å². The number of hydrogen-bond donors (Lipinski definition) is 2. The Morgan fingerprint density at radius 2 is 2.15 bits per heavy atom. The van der Waals surface area contributed by atoms with Crippen LogP contribution in [0.4, 0.5) is 4.39 Å². The zero-order chi connectivity index (χ0) is 24.2. The second kappa shape index (κ2) is 14.1. The van der Waals surface area contributed by atoms with Crippen LogP contribution in [0.3, 0.4) is 0 Å². The molecular weight excluding hydrogens is 445 g/mol. The fourth-order valence-corrected chi connectivity index (χ4v) is 3.76. The minimum absolute atomic E-state index is 0.0377. The summed E-state index contributed by atoms with van der Waals surface area (Å²) >= 11 is 6.04. The summed E-state index contributed by atoms with van der Waals surface area (Å²) in [7, 11) is 0. The van der Waals surface area contributed by atoms with Gasteiger partial charge in [-0.05, 0) is 43.5 Å². The van der Waals surface area contributed by atoms with Gasteiger partial charge < -0.3 is 15.3 Å². The third-order valence-electron chi connectivity index (χ3n) is 5.58. The number of carbonyl (C=O) groups is 1. The second-order valence-corrected chi connectivity index (χ2v) is 8.61. The molecule has 0 bridgehead atoms. The van der Waals surface area contributed by atoms with E-state index in [-0.39, 0.29) is 5.02 Å². The van der Waals surface area contributed by atoms with Gasteiger partial charge in [0.25, 0.3) is 0 Å². The van der Waals surface area contributed by atoms with Gasteiger partial charge in [-0.3, -0.25) is 14.7 Å². The molecule has 1 unspecified atom stereocenters. The van der Waals surface area contributed by atoms with E-state index >= 15 is 0 Å². The lowest BCUT2D eigenvalue weighted by Crippen LogP contribution is -2.42. The maximum absolute atomic E-state index is 13.8. The van der Waals surface area contributed by atoms with Gasteiger partial charge in [-0.2, -0.15) is 0 Å². The summed E-state index contributed by atoms with van der Waals surface area (Å²) in [5, 5.41) is 12.7. The fourth-order valence-electron chi connectivity index (χ4n) is 3.58. The smallest absolute Gasteiger partial charge is 0.307 e. The molecule has 1 aromatic rings. The summed E-state index contributed by atoms with van der Waals surface area (Å²) in [5.41, 5.74) is 1.46. The molecule has 0 amide bonds. The number of rotatable bonds is 13. The Balaban J connectivity index is 2.28. The van der Waals surface area contributed by atoms with Crippen LogP contribution >= 0.6 is 11.6 Å². The van der Waals surface area contributed by atoms with Crippen LogP contribution in [0.15, 0.2) is 40.1 Å². The van der Waals surface area contributed by atoms with E-state index in [4.69, 9.17) is 16.6 Å². The molecule has 1 saturated heterocycles. The van der Waals surface area contributed by atoms with E-state index in [1.165, 1.54) is 6.07 Å². The van der Waals surface area contributed by atoms with Crippen molar-refractivity contribution in [3.8, 4) is 0 Å². The van der Waals surface area contributed by atoms with Crippen molar-refractivity contribution in [2.24, 2.45) is 15.9 Å². The first kappa shape index (κ1) is 27.0. The number of carboxylic acids is 1. The molecule has 2 N–H and O–H groups in total. The lowest BCUT2D eigenvalue weighted by Gasteiger charge is -2.29. The van der Waals surface area contributed by atoms with E-state index < -0.39 is 17.7 Å². The van der Waals surface area contributed by atoms with Crippen molar-refractivity contribution < 1.29 is 14.3 Å². The average molecular weight is 480 g/mol. The number of benzene rings is 1. The van der Waals surface area contributed by atoms with Crippen molar-refractivity contribution in [3.63, 3.8) is 0 Å². The largest absolute Gasteiger partial charge is 0.481 e. The van der Waals surface area contributed by atoms with E-state index in [9.17, 15) is 14.3 Å². The van der Waals surface area contributed by atoms with Crippen LogP contribution < -0.4 is 5.32 Å². The molecule has 0 spiro atoms. The van der Waals surface area contributed by atoms with Crippen LogP contribution in [0.1, 0.15) is 38.7 Å². The Labute approximate surface area is 201 Å². The monoisotopic (exact) mass is 479 g/mol. The molecule has 7 nitrogen and oxygen atoms in total. The van der Waals surface area contributed by atoms with Gasteiger partial charge in [0.05, 0.1) is 17.6 Å². The van der Waals surface area contributed by atoms with Crippen molar-refractivity contribution in [3.05, 3.63) is 46.5 Å². The molecule has 33 heavy (non-hydrogen) atoms. The Morgan fingerprint density at radius 1 is 1.42 bits per heavy atom. The van der Waals surface area contributed by atoms with Crippen molar-refractivity contribution in [2.45, 2.75) is 33.1 Å². The normalized spacial score (nSPS) is 16.2. The molecular formula is C24H35ClFN5O2. The Morgan fingerprint density at radius 3 is 2.76 bits per heavy atom. The van der Waals surface area contributed by atoms with Gasteiger partial charge in [0, 0.05) is 44.9 Å². The Hall–Kier alpha value is -2.29. The van der Waals surface area contributed by atoms with Crippen molar-refractivity contribution in [1.82, 2.24) is 15.1 Å². The molecule has 1 heterocycles. The molecule has 1 atom stereocenters. The molecule has 1 fully saturated rings. The minimum Gasteiger partial charge on any atom is -0.481 e. The zero-order valence-electron chi connectivity index (χ0n) is 19.6. The fraction of sp³-hybridized carbons (Fsp3) is 0.542.